The van der Waals surface area contributed by atoms with E-state index in [2.05, 4.69) is 4.74 Å². The summed E-state index contributed by atoms with van der Waals surface area (Å²) in [7, 11) is -2.13. The van der Waals surface area contributed by atoms with Gasteiger partial charge >= 0.3 is 6.61 Å². The zero-order valence-corrected chi connectivity index (χ0v) is 13.6. The van der Waals surface area contributed by atoms with E-state index in [1.54, 1.807) is 30.3 Å². The van der Waals surface area contributed by atoms with Crippen molar-refractivity contribution in [2.45, 2.75) is 25.0 Å². The molecule has 2 aromatic carbocycles. The van der Waals surface area contributed by atoms with Crippen LogP contribution in [0.3, 0.4) is 0 Å². The first-order valence-corrected chi connectivity index (χ1v) is 8.30. The minimum absolute atomic E-state index is 0.0351. The maximum atomic E-state index is 12.5. The highest BCUT2D eigenvalue weighted by atomic mass is 32.2. The van der Waals surface area contributed by atoms with E-state index in [0.29, 0.717) is 5.56 Å². The highest BCUT2D eigenvalue weighted by molar-refractivity contribution is 7.89. The zero-order valence-electron chi connectivity index (χ0n) is 12.7. The van der Waals surface area contributed by atoms with Crippen molar-refractivity contribution in [1.82, 2.24) is 4.31 Å². The molecule has 0 unspecified atom stereocenters. The van der Waals surface area contributed by atoms with Gasteiger partial charge < -0.3 is 4.74 Å². The van der Waals surface area contributed by atoms with Gasteiger partial charge in [-0.05, 0) is 42.3 Å². The highest BCUT2D eigenvalue weighted by Crippen LogP contribution is 2.20. The summed E-state index contributed by atoms with van der Waals surface area (Å²) >= 11 is 0. The van der Waals surface area contributed by atoms with Gasteiger partial charge in [0.25, 0.3) is 0 Å². The number of rotatable bonds is 6. The molecule has 124 valence electrons. The predicted octanol–water partition coefficient (Wildman–Crippen LogP) is 3.42. The van der Waals surface area contributed by atoms with Crippen LogP contribution in [0.25, 0.3) is 0 Å². The number of aryl methyl sites for hydroxylation is 1. The van der Waals surface area contributed by atoms with Crippen LogP contribution in [0.2, 0.25) is 0 Å². The molecule has 2 rings (SSSR count). The molecule has 0 aromatic heterocycles. The fraction of sp³-hybridized carbons (Fsp3) is 0.250. The molecule has 0 aliphatic heterocycles. The largest absolute Gasteiger partial charge is 0.435 e. The average Bonchev–Trinajstić information content (AvgIpc) is 2.48. The lowest BCUT2D eigenvalue weighted by Gasteiger charge is -2.18. The van der Waals surface area contributed by atoms with Gasteiger partial charge in [-0.3, -0.25) is 0 Å². The van der Waals surface area contributed by atoms with Gasteiger partial charge in [-0.2, -0.15) is 13.1 Å². The number of sulfonamides is 1. The molecule has 0 aliphatic carbocycles. The third-order valence-electron chi connectivity index (χ3n) is 3.25. The Bertz CT molecular complexity index is 761. The average molecular weight is 341 g/mol. The zero-order chi connectivity index (χ0) is 17.0. The van der Waals surface area contributed by atoms with Gasteiger partial charge in [0.1, 0.15) is 5.75 Å². The summed E-state index contributed by atoms with van der Waals surface area (Å²) in [6, 6.07) is 12.5. The van der Waals surface area contributed by atoms with Gasteiger partial charge in [0.15, 0.2) is 0 Å². The molecule has 0 aliphatic rings. The van der Waals surface area contributed by atoms with Crippen LogP contribution in [0.15, 0.2) is 53.4 Å². The Morgan fingerprint density at radius 3 is 2.35 bits per heavy atom. The molecule has 0 fully saturated rings. The monoisotopic (exact) mass is 341 g/mol. The molecule has 4 nitrogen and oxygen atoms in total. The van der Waals surface area contributed by atoms with Crippen LogP contribution < -0.4 is 4.74 Å². The summed E-state index contributed by atoms with van der Waals surface area (Å²) in [6.07, 6.45) is 0. The number of hydrogen-bond donors (Lipinski definition) is 0. The second-order valence-electron chi connectivity index (χ2n) is 5.10. The number of ether oxygens (including phenoxy) is 1. The molecule has 0 atom stereocenters. The molecule has 0 N–H and O–H groups in total. The molecule has 0 radical (unpaired) electrons. The fourth-order valence-electron chi connectivity index (χ4n) is 2.07. The minimum Gasteiger partial charge on any atom is -0.435 e. The Kier molecular flexibility index (Phi) is 5.33. The predicted molar refractivity (Wildman–Crippen MR) is 82.9 cm³/mol. The minimum atomic E-state index is -3.61. The van der Waals surface area contributed by atoms with Crippen LogP contribution >= 0.6 is 0 Å². The molecular weight excluding hydrogens is 324 g/mol. The Hall–Kier alpha value is -1.99. The summed E-state index contributed by atoms with van der Waals surface area (Å²) in [6.45, 7) is -0.934. The van der Waals surface area contributed by atoms with Crippen LogP contribution in [-0.2, 0) is 16.6 Å². The van der Waals surface area contributed by atoms with E-state index in [-0.39, 0.29) is 17.2 Å². The Morgan fingerprint density at radius 1 is 1.13 bits per heavy atom. The summed E-state index contributed by atoms with van der Waals surface area (Å²) in [5, 5.41) is 0. The number of benzene rings is 2. The molecule has 7 heteroatoms. The van der Waals surface area contributed by atoms with Crippen molar-refractivity contribution in [2.75, 3.05) is 7.05 Å². The van der Waals surface area contributed by atoms with Gasteiger partial charge in [-0.25, -0.2) is 8.42 Å². The van der Waals surface area contributed by atoms with E-state index >= 15 is 0 Å². The molecule has 0 amide bonds. The highest BCUT2D eigenvalue weighted by Gasteiger charge is 2.20. The van der Waals surface area contributed by atoms with Gasteiger partial charge in [-0.1, -0.05) is 24.3 Å². The van der Waals surface area contributed by atoms with Gasteiger partial charge in [0.05, 0.1) is 4.90 Å². The fourth-order valence-corrected chi connectivity index (χ4v) is 3.34. The van der Waals surface area contributed by atoms with Crippen LogP contribution in [0, 0.1) is 6.92 Å². The Labute approximate surface area is 134 Å². The summed E-state index contributed by atoms with van der Waals surface area (Å²) in [4.78, 5) is 0.220. The summed E-state index contributed by atoms with van der Waals surface area (Å²) in [5.74, 6) is 0.0351. The smallest absolute Gasteiger partial charge is 0.387 e. The number of nitrogens with zero attached hydrogens (tertiary/aromatic N) is 1. The maximum Gasteiger partial charge on any atom is 0.387 e. The normalized spacial score (nSPS) is 11.9. The standard InChI is InChI=1S/C16H17F2NO3S/c1-12-4-3-5-15(10-12)23(20,21)19(2)11-13-6-8-14(9-7-13)22-16(17)18/h3-10,16H,11H2,1-2H3. The van der Waals surface area contributed by atoms with E-state index in [1.165, 1.54) is 23.5 Å². The van der Waals surface area contributed by atoms with E-state index in [0.717, 1.165) is 5.56 Å². The molecule has 0 bridgehead atoms. The molecule has 0 spiro atoms. The first-order valence-electron chi connectivity index (χ1n) is 6.86. The van der Waals surface area contributed by atoms with E-state index < -0.39 is 16.6 Å². The second kappa shape index (κ2) is 7.06. The van der Waals surface area contributed by atoms with Gasteiger partial charge in [0, 0.05) is 13.6 Å². The number of hydrogen-bond acceptors (Lipinski definition) is 3. The maximum absolute atomic E-state index is 12.5. The van der Waals surface area contributed by atoms with E-state index in [4.69, 9.17) is 0 Å². The lowest BCUT2D eigenvalue weighted by molar-refractivity contribution is -0.0498. The van der Waals surface area contributed by atoms with Crippen molar-refractivity contribution in [3.05, 3.63) is 59.7 Å². The molecular formula is C16H17F2NO3S. The lowest BCUT2D eigenvalue weighted by atomic mass is 10.2. The first-order chi connectivity index (χ1) is 10.8. The second-order valence-corrected chi connectivity index (χ2v) is 7.14. The third-order valence-corrected chi connectivity index (χ3v) is 5.05. The van der Waals surface area contributed by atoms with Crippen molar-refractivity contribution in [1.29, 1.82) is 0 Å². The van der Waals surface area contributed by atoms with Crippen LogP contribution in [0.4, 0.5) is 8.78 Å². The number of alkyl halides is 2. The van der Waals surface area contributed by atoms with Crippen molar-refractivity contribution < 1.29 is 21.9 Å². The third kappa shape index (κ3) is 4.49. The van der Waals surface area contributed by atoms with Gasteiger partial charge in [-0.15, -0.1) is 0 Å². The van der Waals surface area contributed by atoms with E-state index in [1.807, 2.05) is 13.0 Å². The molecule has 0 saturated carbocycles. The Morgan fingerprint density at radius 2 is 1.78 bits per heavy atom. The first kappa shape index (κ1) is 17.4. The van der Waals surface area contributed by atoms with Crippen LogP contribution in [-0.4, -0.2) is 26.4 Å². The summed E-state index contributed by atoms with van der Waals surface area (Å²) in [5.41, 5.74) is 1.53. The van der Waals surface area contributed by atoms with E-state index in [9.17, 15) is 17.2 Å². The SMILES string of the molecule is Cc1cccc(S(=O)(=O)N(C)Cc2ccc(OC(F)F)cc2)c1. The van der Waals surface area contributed by atoms with Crippen molar-refractivity contribution in [3.8, 4) is 5.75 Å². The summed E-state index contributed by atoms with van der Waals surface area (Å²) < 4.78 is 54.7. The topological polar surface area (TPSA) is 46.6 Å². The van der Waals surface area contributed by atoms with Crippen LogP contribution in [0.5, 0.6) is 5.75 Å². The Balaban J connectivity index is 2.13. The molecule has 2 aromatic rings. The quantitative estimate of drug-likeness (QED) is 0.809. The van der Waals surface area contributed by atoms with Crippen molar-refractivity contribution in [2.24, 2.45) is 0 Å². The van der Waals surface area contributed by atoms with Gasteiger partial charge in [0.2, 0.25) is 10.0 Å². The number of halogens is 2. The van der Waals surface area contributed by atoms with Crippen molar-refractivity contribution >= 4 is 10.0 Å². The van der Waals surface area contributed by atoms with Crippen LogP contribution in [0.1, 0.15) is 11.1 Å². The van der Waals surface area contributed by atoms with Crippen molar-refractivity contribution in [3.63, 3.8) is 0 Å². The molecule has 0 saturated heterocycles. The molecule has 23 heavy (non-hydrogen) atoms. The molecule has 0 heterocycles. The lowest BCUT2D eigenvalue weighted by Crippen LogP contribution is -2.26.